The van der Waals surface area contributed by atoms with Gasteiger partial charge in [-0.1, -0.05) is 19.9 Å². The van der Waals surface area contributed by atoms with Crippen LogP contribution in [-0.4, -0.2) is 37.5 Å². The summed E-state index contributed by atoms with van der Waals surface area (Å²) in [6, 6.07) is 10.1. The molecule has 4 aromatic rings. The standard InChI is InChI=1S/C27H30FN7O/c1-4-34-24(36)20-14-31-25(32-18-5-6-21-17(11-18)13-29-16-27(21)8-9-27)33-23(20)35(34)19-7-10-30-22(12-19)26(2,3)15-28/h5-7,10-12,14,29H,4,8-9,13,15-16H2,1-3H3,(H,31,32,33). The van der Waals surface area contributed by atoms with Crippen LogP contribution < -0.4 is 16.2 Å². The minimum Gasteiger partial charge on any atom is -0.324 e. The van der Waals surface area contributed by atoms with Gasteiger partial charge < -0.3 is 10.6 Å². The molecule has 1 saturated carbocycles. The lowest BCUT2D eigenvalue weighted by atomic mass is 9.88. The molecule has 1 aliphatic heterocycles. The highest BCUT2D eigenvalue weighted by Crippen LogP contribution is 2.50. The maximum absolute atomic E-state index is 13.7. The maximum Gasteiger partial charge on any atom is 0.278 e. The fraction of sp³-hybridized carbons (Fsp3) is 0.407. The van der Waals surface area contributed by atoms with Gasteiger partial charge in [0.1, 0.15) is 12.1 Å². The summed E-state index contributed by atoms with van der Waals surface area (Å²) in [6.07, 6.45) is 5.70. The summed E-state index contributed by atoms with van der Waals surface area (Å²) in [5.74, 6) is 0.410. The van der Waals surface area contributed by atoms with Gasteiger partial charge in [0, 0.05) is 48.5 Å². The Balaban J connectivity index is 1.42. The number of fused-ring (bicyclic) bond motifs is 3. The summed E-state index contributed by atoms with van der Waals surface area (Å²) in [6.45, 7) is 7.34. The van der Waals surface area contributed by atoms with E-state index in [9.17, 15) is 9.18 Å². The molecule has 4 heterocycles. The van der Waals surface area contributed by atoms with Gasteiger partial charge in [-0.15, -0.1) is 0 Å². The molecule has 36 heavy (non-hydrogen) atoms. The summed E-state index contributed by atoms with van der Waals surface area (Å²) in [5, 5.41) is 7.30. The van der Waals surface area contributed by atoms with Gasteiger partial charge in [0.15, 0.2) is 5.65 Å². The number of hydrogen-bond acceptors (Lipinski definition) is 6. The van der Waals surface area contributed by atoms with Gasteiger partial charge in [-0.05, 0) is 55.2 Å². The van der Waals surface area contributed by atoms with E-state index in [4.69, 9.17) is 4.98 Å². The van der Waals surface area contributed by atoms with Crippen LogP contribution in [0.3, 0.4) is 0 Å². The van der Waals surface area contributed by atoms with Gasteiger partial charge in [-0.25, -0.2) is 14.3 Å². The fourth-order valence-electron chi connectivity index (χ4n) is 5.22. The molecule has 8 nitrogen and oxygen atoms in total. The Labute approximate surface area is 208 Å². The zero-order valence-electron chi connectivity index (χ0n) is 20.8. The lowest BCUT2D eigenvalue weighted by Crippen LogP contribution is -2.33. The Morgan fingerprint density at radius 3 is 2.78 bits per heavy atom. The second-order valence-electron chi connectivity index (χ2n) is 10.6. The lowest BCUT2D eigenvalue weighted by Gasteiger charge is -2.26. The smallest absolute Gasteiger partial charge is 0.278 e. The highest BCUT2D eigenvalue weighted by atomic mass is 19.1. The SMILES string of the molecule is CCn1c(=O)c2cnc(Nc3ccc4c(c3)CNCC43CC3)nc2n1-c1ccnc(C(C)(C)CF)c1. The van der Waals surface area contributed by atoms with Crippen LogP contribution in [0.25, 0.3) is 16.7 Å². The number of alkyl halides is 1. The molecule has 0 bridgehead atoms. The fourth-order valence-corrected chi connectivity index (χ4v) is 5.22. The monoisotopic (exact) mass is 487 g/mol. The molecule has 0 amide bonds. The zero-order valence-corrected chi connectivity index (χ0v) is 20.8. The number of pyridine rings is 1. The van der Waals surface area contributed by atoms with Crippen molar-refractivity contribution in [2.24, 2.45) is 0 Å². The first-order valence-corrected chi connectivity index (χ1v) is 12.5. The number of hydrogen-bond donors (Lipinski definition) is 2. The third kappa shape index (κ3) is 3.61. The molecule has 1 fully saturated rings. The molecule has 0 radical (unpaired) electrons. The number of rotatable bonds is 6. The number of anilines is 2. The van der Waals surface area contributed by atoms with Crippen LogP contribution in [0, 0.1) is 0 Å². The number of benzene rings is 1. The quantitative estimate of drug-likeness (QED) is 0.425. The Morgan fingerprint density at radius 1 is 1.19 bits per heavy atom. The van der Waals surface area contributed by atoms with Gasteiger partial charge >= 0.3 is 0 Å². The predicted molar refractivity (Wildman–Crippen MR) is 138 cm³/mol. The first-order valence-electron chi connectivity index (χ1n) is 12.5. The van der Waals surface area contributed by atoms with Gasteiger partial charge in [-0.2, -0.15) is 4.98 Å². The number of halogens is 1. The highest BCUT2D eigenvalue weighted by Gasteiger charge is 2.46. The lowest BCUT2D eigenvalue weighted by molar-refractivity contribution is 0.344. The van der Waals surface area contributed by atoms with Crippen molar-refractivity contribution in [3.8, 4) is 5.69 Å². The molecule has 3 aromatic heterocycles. The Morgan fingerprint density at radius 2 is 2.03 bits per heavy atom. The third-order valence-electron chi connectivity index (χ3n) is 7.56. The van der Waals surface area contributed by atoms with E-state index in [-0.39, 0.29) is 5.56 Å². The zero-order chi connectivity index (χ0) is 25.1. The minimum atomic E-state index is -0.738. The summed E-state index contributed by atoms with van der Waals surface area (Å²) < 4.78 is 17.1. The summed E-state index contributed by atoms with van der Waals surface area (Å²) in [7, 11) is 0. The van der Waals surface area contributed by atoms with Crippen molar-refractivity contribution in [1.82, 2.24) is 29.6 Å². The summed E-state index contributed by atoms with van der Waals surface area (Å²) >= 11 is 0. The summed E-state index contributed by atoms with van der Waals surface area (Å²) in [4.78, 5) is 26.7. The number of nitrogens with zero attached hydrogens (tertiary/aromatic N) is 5. The van der Waals surface area contributed by atoms with Crippen molar-refractivity contribution in [2.75, 3.05) is 18.5 Å². The van der Waals surface area contributed by atoms with Gasteiger partial charge in [0.25, 0.3) is 5.56 Å². The highest BCUT2D eigenvalue weighted by molar-refractivity contribution is 5.77. The molecular formula is C27H30FN7O. The van der Waals surface area contributed by atoms with Crippen LogP contribution in [0.15, 0.2) is 47.5 Å². The Bertz CT molecular complexity index is 1530. The molecule has 1 aromatic carbocycles. The van der Waals surface area contributed by atoms with Gasteiger partial charge in [0.05, 0.1) is 11.4 Å². The molecule has 6 rings (SSSR count). The van der Waals surface area contributed by atoms with Gasteiger partial charge in [-0.3, -0.25) is 14.2 Å². The van der Waals surface area contributed by atoms with Crippen LogP contribution >= 0.6 is 0 Å². The molecule has 186 valence electrons. The Hall–Kier alpha value is -3.59. The minimum absolute atomic E-state index is 0.170. The topological polar surface area (TPSA) is 89.7 Å². The first kappa shape index (κ1) is 22.8. The molecule has 9 heteroatoms. The number of aromatic nitrogens is 5. The molecular weight excluding hydrogens is 457 g/mol. The van der Waals surface area contributed by atoms with Crippen molar-refractivity contribution in [3.63, 3.8) is 0 Å². The van der Waals surface area contributed by atoms with E-state index in [2.05, 4.69) is 38.8 Å². The largest absolute Gasteiger partial charge is 0.324 e. The van der Waals surface area contributed by atoms with E-state index >= 15 is 0 Å². The predicted octanol–water partition coefficient (Wildman–Crippen LogP) is 4.12. The van der Waals surface area contributed by atoms with E-state index in [1.165, 1.54) is 24.0 Å². The number of nitrogens with one attached hydrogen (secondary N) is 2. The second kappa shape index (κ2) is 8.23. The summed E-state index contributed by atoms with van der Waals surface area (Å²) in [5.41, 5.74) is 4.88. The van der Waals surface area contributed by atoms with Crippen LogP contribution in [0.2, 0.25) is 0 Å². The van der Waals surface area contributed by atoms with E-state index in [1.807, 2.05) is 32.9 Å². The third-order valence-corrected chi connectivity index (χ3v) is 7.56. The van der Waals surface area contributed by atoms with Crippen molar-refractivity contribution in [2.45, 2.75) is 57.5 Å². The molecule has 0 atom stereocenters. The van der Waals surface area contributed by atoms with E-state index < -0.39 is 12.1 Å². The van der Waals surface area contributed by atoms with Crippen molar-refractivity contribution < 1.29 is 4.39 Å². The van der Waals surface area contributed by atoms with Crippen molar-refractivity contribution in [3.05, 3.63) is 69.9 Å². The second-order valence-corrected chi connectivity index (χ2v) is 10.6. The van der Waals surface area contributed by atoms with Crippen LogP contribution in [0.5, 0.6) is 0 Å². The van der Waals surface area contributed by atoms with E-state index in [1.54, 1.807) is 21.8 Å². The molecule has 1 spiro atoms. The average molecular weight is 488 g/mol. The van der Waals surface area contributed by atoms with Crippen LogP contribution in [0.1, 0.15) is 50.4 Å². The molecule has 2 aliphatic rings. The normalized spacial score (nSPS) is 16.3. The Kier molecular flexibility index (Phi) is 5.22. The van der Waals surface area contributed by atoms with E-state index in [0.29, 0.717) is 40.3 Å². The molecule has 0 unspecified atom stereocenters. The molecule has 2 N–H and O–H groups in total. The van der Waals surface area contributed by atoms with Gasteiger partial charge in [0.2, 0.25) is 5.95 Å². The first-order chi connectivity index (χ1) is 17.3. The molecule has 1 aliphatic carbocycles. The van der Waals surface area contributed by atoms with Crippen LogP contribution in [0.4, 0.5) is 16.0 Å². The van der Waals surface area contributed by atoms with Crippen molar-refractivity contribution >= 4 is 22.7 Å². The van der Waals surface area contributed by atoms with Crippen molar-refractivity contribution in [1.29, 1.82) is 0 Å². The average Bonchev–Trinajstić information content (AvgIpc) is 3.60. The molecule has 0 saturated heterocycles. The van der Waals surface area contributed by atoms with E-state index in [0.717, 1.165) is 18.8 Å². The van der Waals surface area contributed by atoms with Crippen LogP contribution in [-0.2, 0) is 23.9 Å². The maximum atomic E-state index is 13.7.